The number of hydrogen-bond donors (Lipinski definition) is 2. The van der Waals surface area contributed by atoms with Crippen LogP contribution in [0.2, 0.25) is 0 Å². The zero-order valence-corrected chi connectivity index (χ0v) is 8.30. The zero-order chi connectivity index (χ0) is 9.52. The molecule has 72 valence electrons. The molecule has 1 heterocycles. The molecule has 0 bridgehead atoms. The van der Waals surface area contributed by atoms with E-state index in [1.165, 1.54) is 0 Å². The highest BCUT2D eigenvalue weighted by Crippen LogP contribution is 2.05. The van der Waals surface area contributed by atoms with E-state index in [1.54, 1.807) is 18.4 Å². The number of amidine groups is 1. The Bertz CT molecular complexity index is 258. The van der Waals surface area contributed by atoms with E-state index in [9.17, 15) is 0 Å². The fourth-order valence-electron chi connectivity index (χ4n) is 0.868. The van der Waals surface area contributed by atoms with E-state index < -0.39 is 0 Å². The second-order valence-corrected chi connectivity index (χ2v) is 3.16. The minimum atomic E-state index is 0.606. The van der Waals surface area contributed by atoms with Crippen molar-refractivity contribution < 1.29 is 4.74 Å². The number of methoxy groups -OCH3 is 1. The van der Waals surface area contributed by atoms with Gasteiger partial charge in [-0.1, -0.05) is 0 Å². The molecule has 0 aliphatic rings. The summed E-state index contributed by atoms with van der Waals surface area (Å²) in [6.45, 7) is 1.22. The summed E-state index contributed by atoms with van der Waals surface area (Å²) in [5.74, 6) is 6.04. The first-order chi connectivity index (χ1) is 6.38. The summed E-state index contributed by atoms with van der Waals surface area (Å²) in [7, 11) is 1.65. The minimum Gasteiger partial charge on any atom is -0.383 e. The topological polar surface area (TPSA) is 59.6 Å². The Morgan fingerprint density at radius 1 is 1.77 bits per heavy atom. The molecule has 0 spiro atoms. The smallest absolute Gasteiger partial charge is 0.143 e. The number of nitrogens with one attached hydrogen (secondary N) is 1. The summed E-state index contributed by atoms with van der Waals surface area (Å²) in [5, 5.41) is 3.98. The van der Waals surface area contributed by atoms with Crippen LogP contribution in [0.3, 0.4) is 0 Å². The summed E-state index contributed by atoms with van der Waals surface area (Å²) < 4.78 is 4.88. The highest BCUT2D eigenvalue weighted by molar-refractivity contribution is 7.08. The Labute approximate surface area is 81.4 Å². The third kappa shape index (κ3) is 3.14. The molecule has 0 saturated heterocycles. The third-order valence-corrected chi connectivity index (χ3v) is 2.18. The van der Waals surface area contributed by atoms with Crippen LogP contribution in [0.4, 0.5) is 0 Å². The average molecular weight is 199 g/mol. The molecular formula is C8H13N3OS. The van der Waals surface area contributed by atoms with E-state index in [1.807, 2.05) is 16.8 Å². The van der Waals surface area contributed by atoms with Crippen LogP contribution in [0.1, 0.15) is 5.56 Å². The molecule has 1 rings (SSSR count). The van der Waals surface area contributed by atoms with Crippen molar-refractivity contribution in [3.05, 3.63) is 22.4 Å². The first-order valence-corrected chi connectivity index (χ1v) is 4.85. The van der Waals surface area contributed by atoms with Crippen molar-refractivity contribution in [2.75, 3.05) is 20.3 Å². The molecule has 0 aliphatic carbocycles. The van der Waals surface area contributed by atoms with Gasteiger partial charge in [0, 0.05) is 18.1 Å². The van der Waals surface area contributed by atoms with E-state index >= 15 is 0 Å². The van der Waals surface area contributed by atoms with Crippen LogP contribution < -0.4 is 11.3 Å². The van der Waals surface area contributed by atoms with Gasteiger partial charge in [-0.3, -0.25) is 4.99 Å². The van der Waals surface area contributed by atoms with Crippen LogP contribution in [0.5, 0.6) is 0 Å². The van der Waals surface area contributed by atoms with Gasteiger partial charge < -0.3 is 10.2 Å². The molecule has 1 aromatic heterocycles. The summed E-state index contributed by atoms with van der Waals surface area (Å²) in [5.41, 5.74) is 3.58. The van der Waals surface area contributed by atoms with Crippen LogP contribution >= 0.6 is 11.3 Å². The highest BCUT2D eigenvalue weighted by Gasteiger charge is 1.99. The Morgan fingerprint density at radius 3 is 3.15 bits per heavy atom. The van der Waals surface area contributed by atoms with Crippen molar-refractivity contribution in [1.29, 1.82) is 0 Å². The Morgan fingerprint density at radius 2 is 2.62 bits per heavy atom. The first-order valence-electron chi connectivity index (χ1n) is 3.91. The number of nitrogens with two attached hydrogens (primary N) is 1. The van der Waals surface area contributed by atoms with Gasteiger partial charge in [-0.25, -0.2) is 5.84 Å². The van der Waals surface area contributed by atoms with E-state index in [0.29, 0.717) is 19.0 Å². The van der Waals surface area contributed by atoms with Crippen LogP contribution in [0, 0.1) is 0 Å². The standard InChI is InChI=1S/C8H13N3OS/c1-12-4-3-10-8(11-9)7-2-5-13-6-7/h2,5-6H,3-4,9H2,1H3,(H,10,11). The lowest BCUT2D eigenvalue weighted by Crippen LogP contribution is -2.31. The van der Waals surface area contributed by atoms with Gasteiger partial charge in [0.2, 0.25) is 0 Å². The van der Waals surface area contributed by atoms with Crippen molar-refractivity contribution in [3.63, 3.8) is 0 Å². The van der Waals surface area contributed by atoms with Crippen molar-refractivity contribution in [2.24, 2.45) is 10.8 Å². The van der Waals surface area contributed by atoms with Gasteiger partial charge in [0.25, 0.3) is 0 Å². The van der Waals surface area contributed by atoms with Gasteiger partial charge in [0.1, 0.15) is 5.84 Å². The lowest BCUT2D eigenvalue weighted by atomic mass is 10.3. The normalized spacial score (nSPS) is 11.7. The molecule has 0 aromatic carbocycles. The van der Waals surface area contributed by atoms with Gasteiger partial charge in [0.15, 0.2) is 0 Å². The maximum absolute atomic E-state index is 5.33. The zero-order valence-electron chi connectivity index (χ0n) is 7.49. The number of aliphatic imine (C=N–C) groups is 1. The van der Waals surface area contributed by atoms with Crippen LogP contribution in [-0.4, -0.2) is 26.1 Å². The van der Waals surface area contributed by atoms with Crippen LogP contribution in [0.25, 0.3) is 0 Å². The quantitative estimate of drug-likeness (QED) is 0.245. The lowest BCUT2D eigenvalue weighted by Gasteiger charge is -2.02. The summed E-state index contributed by atoms with van der Waals surface area (Å²) in [6, 6.07) is 1.97. The summed E-state index contributed by atoms with van der Waals surface area (Å²) in [6.07, 6.45) is 0. The molecule has 0 unspecified atom stereocenters. The predicted octanol–water partition coefficient (Wildman–Crippen LogP) is 0.604. The van der Waals surface area contributed by atoms with Crippen molar-refractivity contribution in [3.8, 4) is 0 Å². The molecule has 0 fully saturated rings. The number of hydrazine groups is 1. The number of rotatable bonds is 4. The molecule has 0 aliphatic heterocycles. The summed E-state index contributed by atoms with van der Waals surface area (Å²) >= 11 is 1.61. The number of nitrogens with zero attached hydrogens (tertiary/aromatic N) is 1. The first kappa shape index (κ1) is 10.2. The fraction of sp³-hybridized carbons (Fsp3) is 0.375. The van der Waals surface area contributed by atoms with E-state index in [-0.39, 0.29) is 0 Å². The molecule has 1 aromatic rings. The monoisotopic (exact) mass is 199 g/mol. The number of thiophene rings is 1. The van der Waals surface area contributed by atoms with E-state index in [4.69, 9.17) is 10.6 Å². The van der Waals surface area contributed by atoms with Gasteiger partial charge in [-0.2, -0.15) is 11.3 Å². The predicted molar refractivity (Wildman–Crippen MR) is 54.9 cm³/mol. The van der Waals surface area contributed by atoms with E-state index in [0.717, 1.165) is 5.56 Å². The molecule has 5 heteroatoms. The Hall–Kier alpha value is -0.910. The van der Waals surface area contributed by atoms with Gasteiger partial charge >= 0.3 is 0 Å². The SMILES string of the molecule is COCCN=C(NN)c1ccsc1. The molecule has 0 atom stereocenters. The van der Waals surface area contributed by atoms with Crippen LogP contribution in [-0.2, 0) is 4.74 Å². The Balaban J connectivity index is 2.57. The molecule has 0 amide bonds. The van der Waals surface area contributed by atoms with Gasteiger partial charge in [-0.15, -0.1) is 0 Å². The molecule has 13 heavy (non-hydrogen) atoms. The second kappa shape index (κ2) is 5.69. The molecule has 4 nitrogen and oxygen atoms in total. The van der Waals surface area contributed by atoms with Crippen molar-refractivity contribution >= 4 is 17.2 Å². The van der Waals surface area contributed by atoms with E-state index in [2.05, 4.69) is 10.4 Å². The molecule has 0 saturated carbocycles. The largest absolute Gasteiger partial charge is 0.383 e. The number of ether oxygens (including phenoxy) is 1. The minimum absolute atomic E-state index is 0.606. The fourth-order valence-corrected chi connectivity index (χ4v) is 1.51. The second-order valence-electron chi connectivity index (χ2n) is 2.38. The van der Waals surface area contributed by atoms with Crippen molar-refractivity contribution in [1.82, 2.24) is 5.43 Å². The molecule has 0 radical (unpaired) electrons. The highest BCUT2D eigenvalue weighted by atomic mass is 32.1. The molecule has 3 N–H and O–H groups in total. The lowest BCUT2D eigenvalue weighted by molar-refractivity contribution is 0.208. The maximum Gasteiger partial charge on any atom is 0.143 e. The molecular weight excluding hydrogens is 186 g/mol. The third-order valence-electron chi connectivity index (χ3n) is 1.50. The average Bonchev–Trinajstić information content (AvgIpc) is 2.65. The van der Waals surface area contributed by atoms with Gasteiger partial charge in [-0.05, 0) is 11.4 Å². The van der Waals surface area contributed by atoms with Gasteiger partial charge in [0.05, 0.1) is 13.2 Å². The van der Waals surface area contributed by atoms with Crippen LogP contribution in [0.15, 0.2) is 21.8 Å². The van der Waals surface area contributed by atoms with Crippen molar-refractivity contribution in [2.45, 2.75) is 0 Å². The Kier molecular flexibility index (Phi) is 4.45. The number of hydrogen-bond acceptors (Lipinski definition) is 4. The maximum atomic E-state index is 5.33. The summed E-state index contributed by atoms with van der Waals surface area (Å²) in [4.78, 5) is 4.24.